The molecule has 0 aromatic heterocycles. The molecular formula is C13H23IO4. The van der Waals surface area contributed by atoms with E-state index in [0.29, 0.717) is 6.61 Å². The summed E-state index contributed by atoms with van der Waals surface area (Å²) in [7, 11) is 0. The van der Waals surface area contributed by atoms with Crippen LogP contribution in [0.3, 0.4) is 0 Å². The number of halogens is 1. The highest BCUT2D eigenvalue weighted by atomic mass is 127. The first-order valence-corrected chi connectivity index (χ1v) is 8.09. The Morgan fingerprint density at radius 2 is 1.94 bits per heavy atom. The minimum absolute atomic E-state index is 0.0710. The normalized spacial score (nSPS) is 48.3. The summed E-state index contributed by atoms with van der Waals surface area (Å²) in [5.74, 6) is -0.299. The number of hydrogen-bond acceptors (Lipinski definition) is 4. The second-order valence-electron chi connectivity index (χ2n) is 5.87. The number of alkyl halides is 1. The fourth-order valence-corrected chi connectivity index (χ4v) is 3.83. The Morgan fingerprint density at radius 3 is 2.44 bits per heavy atom. The third-order valence-electron chi connectivity index (χ3n) is 4.06. The van der Waals surface area contributed by atoms with Gasteiger partial charge < -0.3 is 19.3 Å². The van der Waals surface area contributed by atoms with E-state index in [1.54, 1.807) is 0 Å². The van der Waals surface area contributed by atoms with Gasteiger partial charge in [0.1, 0.15) is 6.10 Å². The van der Waals surface area contributed by atoms with Crippen LogP contribution in [0, 0.1) is 11.8 Å². The molecule has 0 aromatic carbocycles. The van der Waals surface area contributed by atoms with Gasteiger partial charge in [-0.1, -0.05) is 36.4 Å². The van der Waals surface area contributed by atoms with Gasteiger partial charge >= 0.3 is 0 Å². The molecule has 2 aliphatic heterocycles. The predicted octanol–water partition coefficient (Wildman–Crippen LogP) is 1.97. The Bertz CT molecular complexity index is 295. The molecule has 6 atom stereocenters. The van der Waals surface area contributed by atoms with Gasteiger partial charge in [-0.3, -0.25) is 0 Å². The van der Waals surface area contributed by atoms with E-state index in [0.717, 1.165) is 4.43 Å². The van der Waals surface area contributed by atoms with E-state index in [1.165, 1.54) is 0 Å². The molecule has 1 N–H and O–H groups in total. The lowest BCUT2D eigenvalue weighted by atomic mass is 9.81. The van der Waals surface area contributed by atoms with Crippen molar-refractivity contribution >= 4 is 22.6 Å². The van der Waals surface area contributed by atoms with E-state index in [4.69, 9.17) is 14.2 Å². The molecule has 0 radical (unpaired) electrons. The quantitative estimate of drug-likeness (QED) is 0.597. The topological polar surface area (TPSA) is 47.9 Å². The van der Waals surface area contributed by atoms with Crippen LogP contribution in [0.15, 0.2) is 0 Å². The van der Waals surface area contributed by atoms with Gasteiger partial charge in [0.2, 0.25) is 0 Å². The Balaban J connectivity index is 2.08. The van der Waals surface area contributed by atoms with E-state index in [2.05, 4.69) is 29.5 Å². The van der Waals surface area contributed by atoms with Crippen molar-refractivity contribution < 1.29 is 19.3 Å². The van der Waals surface area contributed by atoms with Crippen LogP contribution in [0.4, 0.5) is 0 Å². The second kappa shape index (κ2) is 5.52. The van der Waals surface area contributed by atoms with Crippen LogP contribution < -0.4 is 0 Å². The van der Waals surface area contributed by atoms with Crippen molar-refractivity contribution in [2.45, 2.75) is 57.9 Å². The van der Waals surface area contributed by atoms with E-state index in [1.807, 2.05) is 20.8 Å². The first-order valence-electron chi connectivity index (χ1n) is 6.57. The minimum Gasteiger partial charge on any atom is -0.392 e. The molecule has 2 saturated heterocycles. The molecule has 4 nitrogen and oxygen atoms in total. The summed E-state index contributed by atoms with van der Waals surface area (Å²) in [4.78, 5) is 0. The highest BCUT2D eigenvalue weighted by molar-refractivity contribution is 14.1. The van der Waals surface area contributed by atoms with Crippen molar-refractivity contribution in [2.75, 3.05) is 11.0 Å². The first-order chi connectivity index (χ1) is 8.35. The number of aliphatic hydroxyl groups excluding tert-OH is 1. The lowest BCUT2D eigenvalue weighted by Gasteiger charge is -2.44. The maximum atomic E-state index is 10.3. The molecule has 0 bridgehead atoms. The average Bonchev–Trinajstić information content (AvgIpc) is 2.67. The molecule has 2 fully saturated rings. The molecule has 0 spiro atoms. The van der Waals surface area contributed by atoms with Gasteiger partial charge in [0.15, 0.2) is 5.79 Å². The van der Waals surface area contributed by atoms with Crippen molar-refractivity contribution in [3.63, 3.8) is 0 Å². The van der Waals surface area contributed by atoms with Crippen LogP contribution in [0.5, 0.6) is 0 Å². The van der Waals surface area contributed by atoms with Crippen molar-refractivity contribution in [3.8, 4) is 0 Å². The number of rotatable bonds is 2. The van der Waals surface area contributed by atoms with E-state index < -0.39 is 5.79 Å². The summed E-state index contributed by atoms with van der Waals surface area (Å²) >= 11 is 2.31. The molecule has 2 rings (SSSR count). The molecule has 0 aliphatic carbocycles. The zero-order chi connectivity index (χ0) is 13.5. The van der Waals surface area contributed by atoms with Crippen LogP contribution >= 0.6 is 22.6 Å². The Hall–Kier alpha value is 0.570. The maximum absolute atomic E-state index is 10.3. The third-order valence-corrected chi connectivity index (χ3v) is 4.93. The standard InChI is InChI=1S/C13H23IO4/c1-7-9(5-14)17-12(8(2)11(7)15)10-6-16-13(3,4)18-10/h7-12,15H,5-6H2,1-4H3/t7-,8+,9+,10+,11-,12+/m0/s1. The Kier molecular flexibility index (Phi) is 4.59. The minimum atomic E-state index is -0.540. The summed E-state index contributed by atoms with van der Waals surface area (Å²) in [6.45, 7) is 8.45. The smallest absolute Gasteiger partial charge is 0.163 e. The summed E-state index contributed by atoms with van der Waals surface area (Å²) in [5, 5.41) is 10.3. The molecule has 0 unspecified atom stereocenters. The van der Waals surface area contributed by atoms with Crippen molar-refractivity contribution in [3.05, 3.63) is 0 Å². The summed E-state index contributed by atoms with van der Waals surface area (Å²) < 4.78 is 18.5. The maximum Gasteiger partial charge on any atom is 0.163 e. The highest BCUT2D eigenvalue weighted by Crippen LogP contribution is 2.36. The molecule has 2 heterocycles. The van der Waals surface area contributed by atoms with E-state index >= 15 is 0 Å². The molecule has 18 heavy (non-hydrogen) atoms. The van der Waals surface area contributed by atoms with E-state index in [-0.39, 0.29) is 36.3 Å². The van der Waals surface area contributed by atoms with Gasteiger partial charge in [-0.05, 0) is 13.8 Å². The van der Waals surface area contributed by atoms with Crippen LogP contribution in [-0.4, -0.2) is 46.3 Å². The third kappa shape index (κ3) is 2.85. The van der Waals surface area contributed by atoms with E-state index in [9.17, 15) is 5.11 Å². The second-order valence-corrected chi connectivity index (χ2v) is 6.75. The molecule has 106 valence electrons. The zero-order valence-corrected chi connectivity index (χ0v) is 13.6. The fourth-order valence-electron chi connectivity index (χ4n) is 2.82. The van der Waals surface area contributed by atoms with Gasteiger partial charge in [-0.2, -0.15) is 0 Å². The molecule has 0 aromatic rings. The van der Waals surface area contributed by atoms with Crippen LogP contribution in [0.2, 0.25) is 0 Å². The lowest BCUT2D eigenvalue weighted by molar-refractivity contribution is -0.208. The Labute approximate surface area is 123 Å². The van der Waals surface area contributed by atoms with Crippen LogP contribution in [-0.2, 0) is 14.2 Å². The van der Waals surface area contributed by atoms with Gasteiger partial charge in [-0.15, -0.1) is 0 Å². The van der Waals surface area contributed by atoms with Crippen molar-refractivity contribution in [1.29, 1.82) is 0 Å². The van der Waals surface area contributed by atoms with Crippen molar-refractivity contribution in [2.24, 2.45) is 11.8 Å². The van der Waals surface area contributed by atoms with Crippen molar-refractivity contribution in [1.82, 2.24) is 0 Å². The largest absolute Gasteiger partial charge is 0.392 e. The molecular weight excluding hydrogens is 347 g/mol. The molecule has 2 aliphatic rings. The SMILES string of the molecule is C[C@@H]1[C@@H](O)[C@@H](C)[C@@H](CI)O[C@H]1[C@H]1COC(C)(C)O1. The Morgan fingerprint density at radius 1 is 1.28 bits per heavy atom. The van der Waals surface area contributed by atoms with Gasteiger partial charge in [0.25, 0.3) is 0 Å². The number of hydrogen-bond donors (Lipinski definition) is 1. The highest BCUT2D eigenvalue weighted by Gasteiger charge is 2.47. The van der Waals surface area contributed by atoms with Gasteiger partial charge in [0, 0.05) is 16.3 Å². The monoisotopic (exact) mass is 370 g/mol. The van der Waals surface area contributed by atoms with Crippen LogP contribution in [0.1, 0.15) is 27.7 Å². The zero-order valence-electron chi connectivity index (χ0n) is 11.4. The molecule has 5 heteroatoms. The van der Waals surface area contributed by atoms with Gasteiger partial charge in [-0.25, -0.2) is 0 Å². The first kappa shape index (κ1) is 15.0. The summed E-state index contributed by atoms with van der Waals surface area (Å²) in [5.41, 5.74) is 0. The number of aliphatic hydroxyl groups is 1. The average molecular weight is 370 g/mol. The fraction of sp³-hybridized carbons (Fsp3) is 1.00. The summed E-state index contributed by atoms with van der Waals surface area (Å²) in [6, 6.07) is 0. The lowest BCUT2D eigenvalue weighted by Crippen LogP contribution is -2.54. The molecule has 0 amide bonds. The predicted molar refractivity (Wildman–Crippen MR) is 76.8 cm³/mol. The summed E-state index contributed by atoms with van der Waals surface area (Å²) in [6.07, 6.45) is -0.412. The molecule has 0 saturated carbocycles. The number of ether oxygens (including phenoxy) is 3. The van der Waals surface area contributed by atoms with Gasteiger partial charge in [0.05, 0.1) is 24.9 Å². The van der Waals surface area contributed by atoms with Crippen LogP contribution in [0.25, 0.3) is 0 Å².